The highest BCUT2D eigenvalue weighted by atomic mass is 19.1. The van der Waals surface area contributed by atoms with E-state index in [0.717, 1.165) is 12.1 Å². The Labute approximate surface area is 134 Å². The van der Waals surface area contributed by atoms with Crippen molar-refractivity contribution in [3.63, 3.8) is 0 Å². The third-order valence-electron chi connectivity index (χ3n) is 4.87. The molecule has 2 saturated carbocycles. The van der Waals surface area contributed by atoms with Crippen LogP contribution in [0.3, 0.4) is 0 Å². The monoisotopic (exact) mass is 345 g/mol. The first-order chi connectivity index (χ1) is 11.1. The molecule has 130 valence electrons. The zero-order valence-electron chi connectivity index (χ0n) is 12.2. The number of rotatable bonds is 5. The molecule has 5 atom stereocenters. The maximum Gasteiger partial charge on any atom is 0.342 e. The first-order valence-electron chi connectivity index (χ1n) is 7.13. The Balaban J connectivity index is 1.78. The Kier molecular flexibility index (Phi) is 3.61. The first-order valence-corrected chi connectivity index (χ1v) is 7.13. The minimum atomic E-state index is -2.68. The Hall–Kier alpha value is -2.13. The predicted octanol–water partition coefficient (Wildman–Crippen LogP) is 1.07. The molecule has 0 bridgehead atoms. The molecular formula is C15H14F3NO5. The lowest BCUT2D eigenvalue weighted by molar-refractivity contribution is -0.156. The quantitative estimate of drug-likeness (QED) is 0.736. The molecule has 24 heavy (non-hydrogen) atoms. The van der Waals surface area contributed by atoms with Crippen LogP contribution in [0.5, 0.6) is 0 Å². The van der Waals surface area contributed by atoms with Crippen molar-refractivity contribution in [3.05, 3.63) is 35.4 Å². The average molecular weight is 345 g/mol. The summed E-state index contributed by atoms with van der Waals surface area (Å²) in [6.07, 6.45) is -1.37. The summed E-state index contributed by atoms with van der Waals surface area (Å²) in [5, 5.41) is 18.3. The largest absolute Gasteiger partial charge is 0.480 e. The van der Waals surface area contributed by atoms with E-state index < -0.39 is 52.7 Å². The Morgan fingerprint density at radius 2 is 1.79 bits per heavy atom. The standard InChI is InChI=1S/C15H14F3NO5/c16-7-1-6(2-8(17)3-7)5-24-10-4-9-11(14(9,18)12(20)21)15(10,19)13(22)23/h1-3,9-11H,4-5,19H2,(H,20,21)(H,22,23)/t9-,10-,11+,14-,15+/m1/s1. The van der Waals surface area contributed by atoms with Gasteiger partial charge in [-0.2, -0.15) is 0 Å². The van der Waals surface area contributed by atoms with Crippen molar-refractivity contribution in [2.45, 2.75) is 30.3 Å². The summed E-state index contributed by atoms with van der Waals surface area (Å²) in [6, 6.07) is 2.69. The van der Waals surface area contributed by atoms with Crippen LogP contribution in [0.4, 0.5) is 13.2 Å². The van der Waals surface area contributed by atoms with Crippen LogP contribution in [0.15, 0.2) is 18.2 Å². The van der Waals surface area contributed by atoms with Crippen LogP contribution in [-0.2, 0) is 20.9 Å². The average Bonchev–Trinajstić information content (AvgIpc) is 2.93. The van der Waals surface area contributed by atoms with E-state index in [2.05, 4.69) is 0 Å². The number of aliphatic carboxylic acids is 2. The van der Waals surface area contributed by atoms with Crippen LogP contribution < -0.4 is 5.73 Å². The molecule has 3 rings (SSSR count). The lowest BCUT2D eigenvalue weighted by Crippen LogP contribution is -2.60. The van der Waals surface area contributed by atoms with Gasteiger partial charge in [0.15, 0.2) is 0 Å². The first kappa shape index (κ1) is 16.7. The number of hydrogen-bond acceptors (Lipinski definition) is 4. The molecule has 0 spiro atoms. The predicted molar refractivity (Wildman–Crippen MR) is 72.6 cm³/mol. The molecule has 6 nitrogen and oxygen atoms in total. The van der Waals surface area contributed by atoms with Gasteiger partial charge < -0.3 is 20.7 Å². The van der Waals surface area contributed by atoms with Crippen molar-refractivity contribution in [2.24, 2.45) is 17.6 Å². The molecule has 0 heterocycles. The number of carboxylic acids is 2. The second kappa shape index (κ2) is 5.18. The molecule has 0 saturated heterocycles. The van der Waals surface area contributed by atoms with E-state index in [-0.39, 0.29) is 18.6 Å². The number of fused-ring (bicyclic) bond motifs is 1. The maximum absolute atomic E-state index is 14.3. The highest BCUT2D eigenvalue weighted by Crippen LogP contribution is 2.67. The maximum atomic E-state index is 14.3. The normalized spacial score (nSPS) is 37.1. The second-order valence-electron chi connectivity index (χ2n) is 6.21. The van der Waals surface area contributed by atoms with Crippen molar-refractivity contribution in [3.8, 4) is 0 Å². The summed E-state index contributed by atoms with van der Waals surface area (Å²) < 4.78 is 46.0. The topological polar surface area (TPSA) is 110 Å². The minimum absolute atomic E-state index is 0.116. The molecule has 0 unspecified atom stereocenters. The van der Waals surface area contributed by atoms with Crippen molar-refractivity contribution in [1.29, 1.82) is 0 Å². The van der Waals surface area contributed by atoms with Gasteiger partial charge in [0, 0.05) is 17.9 Å². The van der Waals surface area contributed by atoms with Crippen LogP contribution in [0.25, 0.3) is 0 Å². The number of hydrogen-bond donors (Lipinski definition) is 3. The highest BCUT2D eigenvalue weighted by molar-refractivity contribution is 5.90. The van der Waals surface area contributed by atoms with Crippen molar-refractivity contribution >= 4 is 11.9 Å². The number of nitrogens with two attached hydrogens (primary N) is 1. The van der Waals surface area contributed by atoms with Crippen LogP contribution in [0, 0.1) is 23.5 Å². The summed E-state index contributed by atoms with van der Waals surface area (Å²) in [7, 11) is 0. The SMILES string of the molecule is N[C@]1(C(=O)O)[C@H]2[C@@H](C[C@H]1OCc1cc(F)cc(F)c1)[C@]2(F)C(=O)O. The van der Waals surface area contributed by atoms with Gasteiger partial charge in [-0.25, -0.2) is 18.0 Å². The second-order valence-corrected chi connectivity index (χ2v) is 6.21. The van der Waals surface area contributed by atoms with E-state index in [0.29, 0.717) is 6.07 Å². The molecule has 1 aromatic carbocycles. The Morgan fingerprint density at radius 3 is 2.29 bits per heavy atom. The van der Waals surface area contributed by atoms with Crippen LogP contribution in [-0.4, -0.2) is 39.5 Å². The van der Waals surface area contributed by atoms with Crippen LogP contribution in [0.1, 0.15) is 12.0 Å². The fourth-order valence-corrected chi connectivity index (χ4v) is 3.70. The van der Waals surface area contributed by atoms with Gasteiger partial charge in [-0.3, -0.25) is 4.79 Å². The molecule has 1 aromatic rings. The summed E-state index contributed by atoms with van der Waals surface area (Å²) in [4.78, 5) is 22.5. The van der Waals surface area contributed by atoms with Gasteiger partial charge in [-0.15, -0.1) is 0 Å². The number of alkyl halides is 1. The van der Waals surface area contributed by atoms with E-state index in [1.54, 1.807) is 0 Å². The number of halogens is 3. The third kappa shape index (κ3) is 2.19. The van der Waals surface area contributed by atoms with E-state index in [9.17, 15) is 27.9 Å². The minimum Gasteiger partial charge on any atom is -0.480 e. The molecule has 2 aliphatic rings. The lowest BCUT2D eigenvalue weighted by atomic mass is 9.88. The van der Waals surface area contributed by atoms with E-state index in [4.69, 9.17) is 15.6 Å². The molecule has 2 fully saturated rings. The van der Waals surface area contributed by atoms with Gasteiger partial charge in [-0.05, 0) is 24.1 Å². The van der Waals surface area contributed by atoms with Gasteiger partial charge in [0.05, 0.1) is 12.7 Å². The summed E-state index contributed by atoms with van der Waals surface area (Å²) in [5.41, 5.74) is 1.01. The molecule has 2 aliphatic carbocycles. The molecule has 0 aromatic heterocycles. The van der Waals surface area contributed by atoms with Crippen LogP contribution in [0.2, 0.25) is 0 Å². The summed E-state index contributed by atoms with van der Waals surface area (Å²) >= 11 is 0. The fraction of sp³-hybridized carbons (Fsp3) is 0.467. The highest BCUT2D eigenvalue weighted by Gasteiger charge is 2.85. The molecule has 0 aliphatic heterocycles. The third-order valence-corrected chi connectivity index (χ3v) is 4.87. The molecule has 9 heteroatoms. The van der Waals surface area contributed by atoms with Crippen molar-refractivity contribution in [1.82, 2.24) is 0 Å². The smallest absolute Gasteiger partial charge is 0.342 e. The number of carboxylic acid groups (broad SMARTS) is 2. The van der Waals surface area contributed by atoms with Gasteiger partial charge in [0.2, 0.25) is 5.67 Å². The Bertz CT molecular complexity index is 709. The zero-order chi connectivity index (χ0) is 17.9. The zero-order valence-corrected chi connectivity index (χ0v) is 12.2. The van der Waals surface area contributed by atoms with Crippen molar-refractivity contribution < 1.29 is 37.7 Å². The van der Waals surface area contributed by atoms with Gasteiger partial charge in [0.25, 0.3) is 0 Å². The molecule has 0 radical (unpaired) electrons. The van der Waals surface area contributed by atoms with Gasteiger partial charge in [0.1, 0.15) is 17.2 Å². The molecule has 4 N–H and O–H groups in total. The van der Waals surface area contributed by atoms with E-state index in [1.165, 1.54) is 0 Å². The van der Waals surface area contributed by atoms with Crippen LogP contribution >= 0.6 is 0 Å². The number of carbonyl (C=O) groups is 2. The lowest BCUT2D eigenvalue weighted by Gasteiger charge is -2.31. The number of ether oxygens (including phenoxy) is 1. The van der Waals surface area contributed by atoms with Gasteiger partial charge >= 0.3 is 11.9 Å². The fourth-order valence-electron chi connectivity index (χ4n) is 3.70. The molecular weight excluding hydrogens is 331 g/mol. The van der Waals surface area contributed by atoms with Crippen molar-refractivity contribution in [2.75, 3.05) is 0 Å². The van der Waals surface area contributed by atoms with Gasteiger partial charge in [-0.1, -0.05) is 0 Å². The Morgan fingerprint density at radius 1 is 1.21 bits per heavy atom. The van der Waals surface area contributed by atoms with E-state index >= 15 is 0 Å². The van der Waals surface area contributed by atoms with E-state index in [1.807, 2.05) is 0 Å². The number of benzene rings is 1. The molecule has 0 amide bonds. The summed E-state index contributed by atoms with van der Waals surface area (Å²) in [5.74, 6) is -7.45. The summed E-state index contributed by atoms with van der Waals surface area (Å²) in [6.45, 7) is -0.336.